The Morgan fingerprint density at radius 1 is 1.58 bits per heavy atom. The molecule has 0 aliphatic carbocycles. The summed E-state index contributed by atoms with van der Waals surface area (Å²) < 4.78 is 5.04. The van der Waals surface area contributed by atoms with E-state index in [1.807, 2.05) is 0 Å². The minimum absolute atomic E-state index is 0.0918. The zero-order chi connectivity index (χ0) is 9.35. The van der Waals surface area contributed by atoms with Gasteiger partial charge in [0.2, 0.25) is 5.91 Å². The van der Waals surface area contributed by atoms with Crippen LogP contribution in [0.3, 0.4) is 0 Å². The standard InChI is InChI=1S/C8H13NO3/c1-8(2,3)12-7(11)5-4-6(10)9-5/h5H,4H2,1-3H3,(H,9,10). The van der Waals surface area contributed by atoms with E-state index in [-0.39, 0.29) is 18.3 Å². The maximum absolute atomic E-state index is 11.1. The third-order valence-electron chi connectivity index (χ3n) is 1.42. The number of β-lactam (4-membered cyclic amide) rings is 1. The van der Waals surface area contributed by atoms with Crippen LogP contribution in [-0.4, -0.2) is 23.5 Å². The average Bonchev–Trinajstić information content (AvgIpc) is 1.76. The van der Waals surface area contributed by atoms with Crippen molar-refractivity contribution in [2.24, 2.45) is 0 Å². The molecule has 1 unspecified atom stereocenters. The molecule has 0 spiro atoms. The van der Waals surface area contributed by atoms with Crippen molar-refractivity contribution in [1.82, 2.24) is 5.32 Å². The fraction of sp³-hybridized carbons (Fsp3) is 0.750. The second kappa shape index (κ2) is 2.77. The molecule has 1 heterocycles. The molecule has 1 rings (SSSR count). The minimum Gasteiger partial charge on any atom is -0.458 e. The summed E-state index contributed by atoms with van der Waals surface area (Å²) in [5, 5.41) is 2.45. The lowest BCUT2D eigenvalue weighted by molar-refractivity contribution is -0.162. The van der Waals surface area contributed by atoms with Crippen molar-refractivity contribution in [1.29, 1.82) is 0 Å². The van der Waals surface area contributed by atoms with Gasteiger partial charge in [-0.2, -0.15) is 0 Å². The average molecular weight is 171 g/mol. The molecule has 12 heavy (non-hydrogen) atoms. The maximum Gasteiger partial charge on any atom is 0.329 e. The summed E-state index contributed by atoms with van der Waals surface area (Å²) in [5.74, 6) is -0.437. The van der Waals surface area contributed by atoms with Gasteiger partial charge in [0.05, 0.1) is 6.42 Å². The zero-order valence-electron chi connectivity index (χ0n) is 7.51. The smallest absolute Gasteiger partial charge is 0.329 e. The number of carbonyl (C=O) groups excluding carboxylic acids is 2. The number of nitrogens with one attached hydrogen (secondary N) is 1. The van der Waals surface area contributed by atoms with Crippen LogP contribution in [-0.2, 0) is 14.3 Å². The number of ether oxygens (including phenoxy) is 1. The van der Waals surface area contributed by atoms with Crippen LogP contribution in [0.2, 0.25) is 0 Å². The summed E-state index contributed by atoms with van der Waals surface area (Å²) in [6.07, 6.45) is 0.259. The van der Waals surface area contributed by atoms with E-state index in [0.717, 1.165) is 0 Å². The Balaban J connectivity index is 2.35. The third kappa shape index (κ3) is 2.22. The Bertz CT molecular complexity index is 209. The lowest BCUT2D eigenvalue weighted by Gasteiger charge is -2.28. The van der Waals surface area contributed by atoms with Crippen LogP contribution in [0.15, 0.2) is 0 Å². The summed E-state index contributed by atoms with van der Waals surface area (Å²) in [4.78, 5) is 21.6. The van der Waals surface area contributed by atoms with Crippen LogP contribution in [0, 0.1) is 0 Å². The van der Waals surface area contributed by atoms with Crippen molar-refractivity contribution in [2.75, 3.05) is 0 Å². The Hall–Kier alpha value is -1.06. The molecule has 1 aliphatic rings. The van der Waals surface area contributed by atoms with E-state index in [4.69, 9.17) is 4.74 Å². The van der Waals surface area contributed by atoms with Crippen molar-refractivity contribution < 1.29 is 14.3 Å². The molecule has 0 aromatic rings. The molecule has 0 aromatic carbocycles. The normalized spacial score (nSPS) is 22.6. The molecule has 1 amide bonds. The first-order valence-electron chi connectivity index (χ1n) is 3.91. The number of esters is 1. The first-order chi connectivity index (χ1) is 5.38. The van der Waals surface area contributed by atoms with Crippen molar-refractivity contribution in [3.63, 3.8) is 0 Å². The molecular weight excluding hydrogens is 158 g/mol. The molecule has 1 fully saturated rings. The van der Waals surface area contributed by atoms with Gasteiger partial charge in [-0.15, -0.1) is 0 Å². The quantitative estimate of drug-likeness (QED) is 0.453. The van der Waals surface area contributed by atoms with Crippen molar-refractivity contribution in [3.8, 4) is 0 Å². The highest BCUT2D eigenvalue weighted by molar-refractivity contribution is 5.94. The highest BCUT2D eigenvalue weighted by atomic mass is 16.6. The van der Waals surface area contributed by atoms with Gasteiger partial charge in [0, 0.05) is 0 Å². The molecule has 0 radical (unpaired) electrons. The van der Waals surface area contributed by atoms with E-state index in [1.165, 1.54) is 0 Å². The lowest BCUT2D eigenvalue weighted by Crippen LogP contribution is -2.54. The van der Waals surface area contributed by atoms with E-state index < -0.39 is 11.6 Å². The molecule has 0 bridgehead atoms. The minimum atomic E-state index is -0.475. The van der Waals surface area contributed by atoms with Crippen molar-refractivity contribution >= 4 is 11.9 Å². The van der Waals surface area contributed by atoms with Gasteiger partial charge >= 0.3 is 5.97 Å². The Kier molecular flexibility index (Phi) is 2.08. The van der Waals surface area contributed by atoms with Crippen LogP contribution >= 0.6 is 0 Å². The number of hydrogen-bond donors (Lipinski definition) is 1. The monoisotopic (exact) mass is 171 g/mol. The van der Waals surface area contributed by atoms with Crippen molar-refractivity contribution in [3.05, 3.63) is 0 Å². The van der Waals surface area contributed by atoms with Gasteiger partial charge in [-0.25, -0.2) is 4.79 Å². The predicted molar refractivity (Wildman–Crippen MR) is 42.4 cm³/mol. The van der Waals surface area contributed by atoms with Gasteiger partial charge in [0.15, 0.2) is 0 Å². The summed E-state index contributed by atoms with van der Waals surface area (Å²) in [6.45, 7) is 5.39. The lowest BCUT2D eigenvalue weighted by atomic mass is 10.1. The molecule has 68 valence electrons. The summed E-state index contributed by atoms with van der Waals surface area (Å²) in [6, 6.07) is -0.420. The van der Waals surface area contributed by atoms with Gasteiger partial charge < -0.3 is 10.1 Å². The second-order valence-electron chi connectivity index (χ2n) is 3.86. The molecule has 4 nitrogen and oxygen atoms in total. The Morgan fingerprint density at radius 3 is 2.42 bits per heavy atom. The number of hydrogen-bond acceptors (Lipinski definition) is 3. The molecule has 1 N–H and O–H groups in total. The molecule has 0 aromatic heterocycles. The molecular formula is C8H13NO3. The van der Waals surface area contributed by atoms with E-state index >= 15 is 0 Å². The highest BCUT2D eigenvalue weighted by Gasteiger charge is 2.34. The van der Waals surface area contributed by atoms with Crippen molar-refractivity contribution in [2.45, 2.75) is 38.8 Å². The van der Waals surface area contributed by atoms with E-state index in [0.29, 0.717) is 0 Å². The zero-order valence-corrected chi connectivity index (χ0v) is 7.51. The van der Waals surface area contributed by atoms with Gasteiger partial charge in [-0.3, -0.25) is 4.79 Å². The van der Waals surface area contributed by atoms with Crippen LogP contribution in [0.4, 0.5) is 0 Å². The van der Waals surface area contributed by atoms with Gasteiger partial charge in [-0.05, 0) is 20.8 Å². The molecule has 1 aliphatic heterocycles. The summed E-state index contributed by atoms with van der Waals surface area (Å²) >= 11 is 0. The number of carbonyl (C=O) groups is 2. The number of amides is 1. The summed E-state index contributed by atoms with van der Waals surface area (Å²) in [5.41, 5.74) is -0.475. The highest BCUT2D eigenvalue weighted by Crippen LogP contribution is 2.12. The predicted octanol–water partition coefficient (Wildman–Crippen LogP) is 0.217. The van der Waals surface area contributed by atoms with E-state index in [1.54, 1.807) is 20.8 Å². The summed E-state index contributed by atoms with van der Waals surface area (Å²) in [7, 11) is 0. The first-order valence-corrected chi connectivity index (χ1v) is 3.91. The van der Waals surface area contributed by atoms with E-state index in [9.17, 15) is 9.59 Å². The third-order valence-corrected chi connectivity index (χ3v) is 1.42. The van der Waals surface area contributed by atoms with Gasteiger partial charge in [0.1, 0.15) is 11.6 Å². The van der Waals surface area contributed by atoms with Gasteiger partial charge in [-0.1, -0.05) is 0 Å². The fourth-order valence-corrected chi connectivity index (χ4v) is 0.874. The second-order valence-corrected chi connectivity index (χ2v) is 3.86. The molecule has 0 saturated carbocycles. The molecule has 1 atom stereocenters. The largest absolute Gasteiger partial charge is 0.458 e. The fourth-order valence-electron chi connectivity index (χ4n) is 0.874. The Labute approximate surface area is 71.3 Å². The van der Waals surface area contributed by atoms with Crippen LogP contribution < -0.4 is 5.32 Å². The topological polar surface area (TPSA) is 55.4 Å². The first kappa shape index (κ1) is 9.03. The maximum atomic E-state index is 11.1. The van der Waals surface area contributed by atoms with Crippen LogP contribution in [0.1, 0.15) is 27.2 Å². The Morgan fingerprint density at radius 2 is 2.08 bits per heavy atom. The van der Waals surface area contributed by atoms with E-state index in [2.05, 4.69) is 5.32 Å². The van der Waals surface area contributed by atoms with Gasteiger partial charge in [0.25, 0.3) is 0 Å². The SMILES string of the molecule is CC(C)(C)OC(=O)C1CC(=O)N1. The number of rotatable bonds is 1. The van der Waals surface area contributed by atoms with Crippen LogP contribution in [0.25, 0.3) is 0 Å². The molecule has 1 saturated heterocycles. The molecule has 4 heteroatoms. The van der Waals surface area contributed by atoms with Crippen LogP contribution in [0.5, 0.6) is 0 Å².